The quantitative estimate of drug-likeness (QED) is 0.463. The van der Waals surface area contributed by atoms with Gasteiger partial charge in [0, 0.05) is 18.6 Å². The van der Waals surface area contributed by atoms with Gasteiger partial charge in [0.25, 0.3) is 24.4 Å². The summed E-state index contributed by atoms with van der Waals surface area (Å²) in [6, 6.07) is 4.51. The van der Waals surface area contributed by atoms with E-state index in [1.54, 1.807) is 0 Å². The number of hydrazone groups is 1. The van der Waals surface area contributed by atoms with Crippen LogP contribution in [0.5, 0.6) is 5.75 Å². The molecule has 1 aliphatic rings. The smallest absolute Gasteiger partial charge is 0.287 e. The van der Waals surface area contributed by atoms with E-state index in [4.69, 9.17) is 4.74 Å². The van der Waals surface area contributed by atoms with E-state index in [0.717, 1.165) is 19.1 Å². The van der Waals surface area contributed by atoms with Crippen molar-refractivity contribution in [1.29, 1.82) is 0 Å². The van der Waals surface area contributed by atoms with E-state index < -0.39 is 47.6 Å². The zero-order valence-corrected chi connectivity index (χ0v) is 13.2. The van der Waals surface area contributed by atoms with E-state index in [1.807, 2.05) is 0 Å². The van der Waals surface area contributed by atoms with Crippen molar-refractivity contribution in [3.05, 3.63) is 34.4 Å². The van der Waals surface area contributed by atoms with Crippen molar-refractivity contribution in [3.8, 4) is 5.75 Å². The van der Waals surface area contributed by atoms with E-state index in [9.17, 15) is 37.6 Å². The molecule has 2 atom stereocenters. The Balaban J connectivity index is 2.18. The van der Waals surface area contributed by atoms with Crippen molar-refractivity contribution in [3.63, 3.8) is 0 Å². The maximum absolute atomic E-state index is 13.1. The number of nitrogens with zero attached hydrogens (tertiary/aromatic N) is 3. The second-order valence-electron chi connectivity index (χ2n) is 5.41. The predicted octanol–water partition coefficient (Wildman–Crippen LogP) is 2.17. The SMILES string of the molecule is CC(Oc1ccc([N+](=O)[O-])cc1)C(=O)N1N=C(C(F)F)CC1(O)C(F)F. The minimum absolute atomic E-state index is 0.00528. The van der Waals surface area contributed by atoms with Gasteiger partial charge >= 0.3 is 0 Å². The molecule has 1 aromatic rings. The second-order valence-corrected chi connectivity index (χ2v) is 5.41. The molecule has 0 saturated heterocycles. The Morgan fingerprint density at radius 3 is 2.38 bits per heavy atom. The molecule has 2 unspecified atom stereocenters. The summed E-state index contributed by atoms with van der Waals surface area (Å²) in [5.41, 5.74) is -4.49. The van der Waals surface area contributed by atoms with Gasteiger partial charge in [-0.1, -0.05) is 0 Å². The topological polar surface area (TPSA) is 105 Å². The summed E-state index contributed by atoms with van der Waals surface area (Å²) in [4.78, 5) is 22.2. The lowest BCUT2D eigenvalue weighted by Crippen LogP contribution is -2.54. The van der Waals surface area contributed by atoms with Crippen molar-refractivity contribution in [2.45, 2.75) is 38.0 Å². The molecule has 142 valence electrons. The Morgan fingerprint density at radius 2 is 1.92 bits per heavy atom. The number of carbonyl (C=O) groups excluding carboxylic acids is 1. The molecule has 0 saturated carbocycles. The van der Waals surface area contributed by atoms with Crippen LogP contribution in [0.1, 0.15) is 13.3 Å². The Morgan fingerprint density at radius 1 is 1.35 bits per heavy atom. The van der Waals surface area contributed by atoms with Gasteiger partial charge in [-0.05, 0) is 19.1 Å². The van der Waals surface area contributed by atoms with Crippen LogP contribution in [0.15, 0.2) is 29.4 Å². The molecular formula is C14H13F4N3O5. The van der Waals surface area contributed by atoms with Crippen molar-refractivity contribution >= 4 is 17.3 Å². The highest BCUT2D eigenvalue weighted by Crippen LogP contribution is 2.34. The third-order valence-corrected chi connectivity index (χ3v) is 3.55. The minimum atomic E-state index is -3.54. The molecule has 1 N–H and O–H groups in total. The molecule has 1 aliphatic heterocycles. The van der Waals surface area contributed by atoms with Gasteiger partial charge in [0.05, 0.1) is 4.92 Å². The molecule has 8 nitrogen and oxygen atoms in total. The number of halogens is 4. The summed E-state index contributed by atoms with van der Waals surface area (Å²) < 4.78 is 56.8. The normalized spacial score (nSPS) is 21.1. The number of rotatable bonds is 6. The van der Waals surface area contributed by atoms with Crippen LogP contribution in [0.4, 0.5) is 23.2 Å². The zero-order valence-electron chi connectivity index (χ0n) is 13.2. The lowest BCUT2D eigenvalue weighted by atomic mass is 10.1. The molecule has 2 rings (SSSR count). The number of amides is 1. The standard InChI is InChI=1S/C14H13F4N3O5/c1-7(26-9-4-2-8(3-5-9)21(24)25)12(22)20-14(23,13(17)18)6-10(19-20)11(15)16/h2-5,7,11,13,23H,6H2,1H3. The molecule has 26 heavy (non-hydrogen) atoms. The summed E-state index contributed by atoms with van der Waals surface area (Å²) >= 11 is 0. The average Bonchev–Trinajstić information content (AvgIpc) is 2.94. The minimum Gasteiger partial charge on any atom is -0.481 e. The highest BCUT2D eigenvalue weighted by atomic mass is 19.3. The van der Waals surface area contributed by atoms with E-state index in [0.29, 0.717) is 0 Å². The van der Waals surface area contributed by atoms with Gasteiger partial charge < -0.3 is 9.84 Å². The monoisotopic (exact) mass is 379 g/mol. The number of benzene rings is 1. The van der Waals surface area contributed by atoms with Gasteiger partial charge in [-0.3, -0.25) is 14.9 Å². The first-order chi connectivity index (χ1) is 12.1. The summed E-state index contributed by atoms with van der Waals surface area (Å²) in [7, 11) is 0. The molecule has 0 spiro atoms. The maximum Gasteiger partial charge on any atom is 0.287 e. The Hall–Kier alpha value is -2.76. The third-order valence-electron chi connectivity index (χ3n) is 3.55. The molecule has 0 radical (unpaired) electrons. The fraction of sp³-hybridized carbons (Fsp3) is 0.429. The first-order valence-corrected chi connectivity index (χ1v) is 7.17. The first kappa shape index (κ1) is 19.6. The summed E-state index contributed by atoms with van der Waals surface area (Å²) in [6.07, 6.45) is -9.44. The Labute approximate surface area is 143 Å². The summed E-state index contributed by atoms with van der Waals surface area (Å²) in [6.45, 7) is 1.13. The van der Waals surface area contributed by atoms with Gasteiger partial charge in [-0.25, -0.2) is 17.6 Å². The van der Waals surface area contributed by atoms with Gasteiger partial charge in [-0.15, -0.1) is 0 Å². The lowest BCUT2D eigenvalue weighted by molar-refractivity contribution is -0.384. The fourth-order valence-corrected chi connectivity index (χ4v) is 2.20. The van der Waals surface area contributed by atoms with Crippen LogP contribution in [0, 0.1) is 10.1 Å². The van der Waals surface area contributed by atoms with Crippen LogP contribution in [-0.4, -0.2) is 51.3 Å². The first-order valence-electron chi connectivity index (χ1n) is 7.17. The van der Waals surface area contributed by atoms with E-state index in [1.165, 1.54) is 12.1 Å². The molecule has 1 amide bonds. The average molecular weight is 379 g/mol. The highest BCUT2D eigenvalue weighted by Gasteiger charge is 2.54. The summed E-state index contributed by atoms with van der Waals surface area (Å²) in [5.74, 6) is -1.28. The van der Waals surface area contributed by atoms with Gasteiger partial charge in [0.1, 0.15) is 11.5 Å². The number of nitro benzene ring substituents is 1. The number of alkyl halides is 4. The van der Waals surface area contributed by atoms with Crippen LogP contribution < -0.4 is 4.74 Å². The van der Waals surface area contributed by atoms with Gasteiger partial charge in [0.2, 0.25) is 5.72 Å². The number of aliphatic hydroxyl groups is 1. The summed E-state index contributed by atoms with van der Waals surface area (Å²) in [5, 5.41) is 23.5. The van der Waals surface area contributed by atoms with Gasteiger partial charge in [-0.2, -0.15) is 10.1 Å². The third kappa shape index (κ3) is 3.74. The molecular weight excluding hydrogens is 366 g/mol. The molecule has 1 heterocycles. The number of nitro groups is 1. The van der Waals surface area contributed by atoms with Crippen molar-refractivity contribution in [2.75, 3.05) is 0 Å². The highest BCUT2D eigenvalue weighted by molar-refractivity contribution is 5.93. The zero-order chi connectivity index (χ0) is 19.6. The van der Waals surface area contributed by atoms with Crippen LogP contribution in [0.2, 0.25) is 0 Å². The fourth-order valence-electron chi connectivity index (χ4n) is 2.20. The van der Waals surface area contributed by atoms with Crippen LogP contribution >= 0.6 is 0 Å². The number of non-ortho nitro benzene ring substituents is 1. The van der Waals surface area contributed by atoms with Gasteiger partial charge in [0.15, 0.2) is 6.10 Å². The number of hydrogen-bond donors (Lipinski definition) is 1. The van der Waals surface area contributed by atoms with Crippen molar-refractivity contribution in [1.82, 2.24) is 5.01 Å². The number of hydrogen-bond acceptors (Lipinski definition) is 6. The molecule has 1 aromatic carbocycles. The maximum atomic E-state index is 13.1. The molecule has 12 heteroatoms. The number of ether oxygens (including phenoxy) is 1. The predicted molar refractivity (Wildman–Crippen MR) is 79.0 cm³/mol. The molecule has 0 aliphatic carbocycles. The molecule has 0 bridgehead atoms. The van der Waals surface area contributed by atoms with E-state index >= 15 is 0 Å². The van der Waals surface area contributed by atoms with Crippen molar-refractivity contribution < 1.29 is 37.1 Å². The van der Waals surface area contributed by atoms with Crippen LogP contribution in [-0.2, 0) is 4.79 Å². The second kappa shape index (κ2) is 7.23. The molecule has 0 fully saturated rings. The van der Waals surface area contributed by atoms with E-state index in [2.05, 4.69) is 5.10 Å². The molecule has 0 aromatic heterocycles. The van der Waals surface area contributed by atoms with Crippen molar-refractivity contribution in [2.24, 2.45) is 5.10 Å². The largest absolute Gasteiger partial charge is 0.481 e. The lowest BCUT2D eigenvalue weighted by Gasteiger charge is -2.31. The van der Waals surface area contributed by atoms with Crippen LogP contribution in [0.25, 0.3) is 0 Å². The van der Waals surface area contributed by atoms with Crippen LogP contribution in [0.3, 0.4) is 0 Å². The Bertz CT molecular complexity index is 728. The Kier molecular flexibility index (Phi) is 5.44. The van der Waals surface area contributed by atoms with E-state index in [-0.39, 0.29) is 16.4 Å². The number of carbonyl (C=O) groups is 1.